The molecule has 6 rings (SSSR count). The minimum Gasteiger partial charge on any atom is -0.394 e. The number of allylic oxidation sites excluding steroid dienone is 1. The van der Waals surface area contributed by atoms with E-state index >= 15 is 0 Å². The Labute approximate surface area is 261 Å². The molecule has 6 aliphatic rings. The van der Waals surface area contributed by atoms with Crippen LogP contribution in [0.5, 0.6) is 0 Å². The lowest BCUT2D eigenvalue weighted by atomic mass is 9.46. The van der Waals surface area contributed by atoms with Gasteiger partial charge < -0.3 is 49.6 Å². The zero-order valence-electron chi connectivity index (χ0n) is 27.0. The molecule has 0 unspecified atom stereocenters. The molecule has 0 aromatic carbocycles. The molecular weight excluding hydrogens is 568 g/mol. The van der Waals surface area contributed by atoms with Gasteiger partial charge in [-0.05, 0) is 73.5 Å². The lowest BCUT2D eigenvalue weighted by Crippen LogP contribution is -2.59. The van der Waals surface area contributed by atoms with E-state index in [-0.39, 0.29) is 35.4 Å². The van der Waals surface area contributed by atoms with E-state index in [2.05, 4.69) is 33.8 Å². The summed E-state index contributed by atoms with van der Waals surface area (Å²) in [6.45, 7) is 8.85. The average Bonchev–Trinajstić information content (AvgIpc) is 3.45. The topological polar surface area (TPSA) is 158 Å². The Kier molecular flexibility index (Phi) is 9.14. The summed E-state index contributed by atoms with van der Waals surface area (Å²) in [4.78, 5) is 0. The summed E-state index contributed by atoms with van der Waals surface area (Å²) in [5, 5.41) is 61.5. The minimum atomic E-state index is -1.46. The van der Waals surface area contributed by atoms with E-state index in [1.165, 1.54) is 5.57 Å². The normalized spacial score (nSPS) is 54.2. The molecule has 0 aromatic rings. The van der Waals surface area contributed by atoms with Crippen LogP contribution in [0.15, 0.2) is 11.6 Å². The zero-order chi connectivity index (χ0) is 31.8. The summed E-state index contributed by atoms with van der Waals surface area (Å²) in [7, 11) is 1.75. The SMILES string of the molecule is CO[C@]1(CC[C@H](C)CO[C@@H]2O[C@H](CO)[C@@H](O)[C@H](O)[C@H]2O)O[C@H]2C[C@H]3[C@@H]4CC=C5C[C@@H](O)C[C@@H](O)[C@]5(C)[C@H]4CC[C@]3(C)[C@H]2[C@@H]1C. The van der Waals surface area contributed by atoms with E-state index in [1.807, 2.05) is 0 Å². The lowest BCUT2D eigenvalue weighted by molar-refractivity contribution is -0.303. The summed E-state index contributed by atoms with van der Waals surface area (Å²) in [5.41, 5.74) is 1.14. The molecule has 10 nitrogen and oxygen atoms in total. The van der Waals surface area contributed by atoms with Crippen LogP contribution >= 0.6 is 0 Å². The van der Waals surface area contributed by atoms with Crippen molar-refractivity contribution in [3.05, 3.63) is 11.6 Å². The molecule has 252 valence electrons. The third kappa shape index (κ3) is 5.06. The number of rotatable bonds is 8. The minimum absolute atomic E-state index is 0.0776. The number of hydrogen-bond donors (Lipinski definition) is 6. The molecule has 17 atom stereocenters. The van der Waals surface area contributed by atoms with Crippen molar-refractivity contribution in [2.75, 3.05) is 20.3 Å². The fraction of sp³-hybridized carbons (Fsp3) is 0.941. The molecule has 2 aliphatic heterocycles. The third-order valence-electron chi connectivity index (χ3n) is 13.6. The highest BCUT2D eigenvalue weighted by molar-refractivity contribution is 5.28. The van der Waals surface area contributed by atoms with Crippen LogP contribution in [0, 0.1) is 46.3 Å². The van der Waals surface area contributed by atoms with Gasteiger partial charge in [-0.1, -0.05) is 39.3 Å². The molecule has 0 aromatic heterocycles. The van der Waals surface area contributed by atoms with Crippen LogP contribution in [0.1, 0.15) is 79.1 Å². The Morgan fingerprint density at radius 2 is 1.80 bits per heavy atom. The van der Waals surface area contributed by atoms with Gasteiger partial charge in [0.25, 0.3) is 0 Å². The quantitative estimate of drug-likeness (QED) is 0.221. The second-order valence-electron chi connectivity index (χ2n) is 15.7. The Balaban J connectivity index is 1.10. The van der Waals surface area contributed by atoms with Crippen molar-refractivity contribution >= 4 is 0 Å². The van der Waals surface area contributed by atoms with Crippen LogP contribution in [0.25, 0.3) is 0 Å². The van der Waals surface area contributed by atoms with Gasteiger partial charge in [-0.25, -0.2) is 0 Å². The number of fused-ring (bicyclic) bond motifs is 7. The van der Waals surface area contributed by atoms with Crippen molar-refractivity contribution < 1.29 is 49.6 Å². The maximum atomic E-state index is 11.3. The van der Waals surface area contributed by atoms with Crippen LogP contribution in [0.4, 0.5) is 0 Å². The fourth-order valence-electron chi connectivity index (χ4n) is 11.0. The van der Waals surface area contributed by atoms with Crippen molar-refractivity contribution in [1.82, 2.24) is 0 Å². The molecule has 3 saturated carbocycles. The fourth-order valence-corrected chi connectivity index (χ4v) is 11.0. The molecule has 10 heteroatoms. The third-order valence-corrected chi connectivity index (χ3v) is 13.6. The highest BCUT2D eigenvalue weighted by Gasteiger charge is 2.68. The Morgan fingerprint density at radius 3 is 2.50 bits per heavy atom. The smallest absolute Gasteiger partial charge is 0.186 e. The van der Waals surface area contributed by atoms with Gasteiger partial charge in [0.15, 0.2) is 12.1 Å². The summed E-state index contributed by atoms with van der Waals surface area (Å²) < 4.78 is 24.5. The van der Waals surface area contributed by atoms with Crippen LogP contribution in [0.2, 0.25) is 0 Å². The van der Waals surface area contributed by atoms with Crippen LogP contribution in [-0.2, 0) is 18.9 Å². The average molecular weight is 625 g/mol. The second kappa shape index (κ2) is 12.1. The van der Waals surface area contributed by atoms with Crippen LogP contribution < -0.4 is 0 Å². The van der Waals surface area contributed by atoms with E-state index < -0.39 is 55.3 Å². The maximum absolute atomic E-state index is 11.3. The van der Waals surface area contributed by atoms with Crippen molar-refractivity contribution in [3.63, 3.8) is 0 Å². The molecule has 2 heterocycles. The molecule has 4 aliphatic carbocycles. The van der Waals surface area contributed by atoms with Gasteiger partial charge >= 0.3 is 0 Å². The van der Waals surface area contributed by atoms with Gasteiger partial charge in [0.2, 0.25) is 0 Å². The molecule has 2 saturated heterocycles. The van der Waals surface area contributed by atoms with Gasteiger partial charge in [0.05, 0.1) is 31.5 Å². The highest BCUT2D eigenvalue weighted by atomic mass is 16.7. The molecule has 0 bridgehead atoms. The number of aliphatic hydroxyl groups is 6. The van der Waals surface area contributed by atoms with E-state index in [0.717, 1.165) is 32.1 Å². The summed E-state index contributed by atoms with van der Waals surface area (Å²) >= 11 is 0. The largest absolute Gasteiger partial charge is 0.394 e. The summed E-state index contributed by atoms with van der Waals surface area (Å²) in [6.07, 6.45) is 1.95. The zero-order valence-corrected chi connectivity index (χ0v) is 27.0. The predicted octanol–water partition coefficient (Wildman–Crippen LogP) is 2.12. The van der Waals surface area contributed by atoms with Gasteiger partial charge in [0, 0.05) is 31.3 Å². The first kappa shape index (κ1) is 33.2. The molecule has 6 N–H and O–H groups in total. The first-order chi connectivity index (χ1) is 20.8. The van der Waals surface area contributed by atoms with Gasteiger partial charge in [-0.3, -0.25) is 0 Å². The summed E-state index contributed by atoms with van der Waals surface area (Å²) in [6, 6.07) is 0. The van der Waals surface area contributed by atoms with E-state index in [9.17, 15) is 30.6 Å². The Morgan fingerprint density at radius 1 is 1.05 bits per heavy atom. The molecule has 44 heavy (non-hydrogen) atoms. The van der Waals surface area contributed by atoms with Gasteiger partial charge in [0.1, 0.15) is 24.4 Å². The number of ether oxygens (including phenoxy) is 4. The lowest BCUT2D eigenvalue weighted by Gasteiger charge is -2.59. The van der Waals surface area contributed by atoms with Crippen molar-refractivity contribution in [2.24, 2.45) is 46.3 Å². The number of aliphatic hydroxyl groups excluding tert-OH is 6. The van der Waals surface area contributed by atoms with E-state index in [1.54, 1.807) is 7.11 Å². The molecule has 5 fully saturated rings. The second-order valence-corrected chi connectivity index (χ2v) is 15.7. The first-order valence-corrected chi connectivity index (χ1v) is 17.0. The monoisotopic (exact) mass is 624 g/mol. The maximum Gasteiger partial charge on any atom is 0.186 e. The van der Waals surface area contributed by atoms with Crippen molar-refractivity contribution in [3.8, 4) is 0 Å². The number of methoxy groups -OCH3 is 1. The first-order valence-electron chi connectivity index (χ1n) is 17.0. The van der Waals surface area contributed by atoms with E-state index in [0.29, 0.717) is 42.9 Å². The van der Waals surface area contributed by atoms with Crippen LogP contribution in [0.3, 0.4) is 0 Å². The Hall–Kier alpha value is -0.660. The van der Waals surface area contributed by atoms with E-state index in [4.69, 9.17) is 18.9 Å². The molecule has 0 amide bonds. The predicted molar refractivity (Wildman–Crippen MR) is 160 cm³/mol. The summed E-state index contributed by atoms with van der Waals surface area (Å²) in [5.74, 6) is 1.41. The van der Waals surface area contributed by atoms with Crippen molar-refractivity contribution in [1.29, 1.82) is 0 Å². The standard InChI is InChI=1S/C34H56O10/c1-17(16-42-31-30(40)29(39)28(38)25(15-35)43-31)8-11-34(41-5)18(2)27-24(44-34)14-23-21-7-6-19-12-20(36)13-26(37)33(19,4)22(21)9-10-32(23,27)3/h6,17-18,20-31,35-40H,7-16H2,1-5H3/t17-,18-,20+,21+,22-,23-,24-,25+,26+,27-,28+,29-,30+,31+,32-,33-,34+/m0/s1. The molecule has 0 spiro atoms. The Bertz CT molecular complexity index is 1070. The molecule has 0 radical (unpaired) electrons. The van der Waals surface area contributed by atoms with Crippen LogP contribution in [-0.4, -0.2) is 106 Å². The highest BCUT2D eigenvalue weighted by Crippen LogP contribution is 2.70. The van der Waals surface area contributed by atoms with Gasteiger partial charge in [-0.15, -0.1) is 0 Å². The van der Waals surface area contributed by atoms with Crippen molar-refractivity contribution in [2.45, 2.75) is 134 Å². The number of hydrogen-bond acceptors (Lipinski definition) is 10. The van der Waals surface area contributed by atoms with Gasteiger partial charge in [-0.2, -0.15) is 0 Å². The molecular formula is C34H56O10.